The van der Waals surface area contributed by atoms with Gasteiger partial charge in [0.2, 0.25) is 20.0 Å². The van der Waals surface area contributed by atoms with Crippen molar-refractivity contribution in [2.75, 3.05) is 0 Å². The van der Waals surface area contributed by atoms with Gasteiger partial charge in [0.1, 0.15) is 21.2 Å². The summed E-state index contributed by atoms with van der Waals surface area (Å²) < 4.78 is 45.5. The van der Waals surface area contributed by atoms with Crippen molar-refractivity contribution >= 4 is 55.1 Å². The second kappa shape index (κ2) is 14.0. The van der Waals surface area contributed by atoms with Gasteiger partial charge in [-0.25, -0.2) is 31.9 Å². The summed E-state index contributed by atoms with van der Waals surface area (Å²) in [5.74, 6) is -1.57. The van der Waals surface area contributed by atoms with Crippen LogP contribution in [0.1, 0.15) is 68.2 Å². The molecule has 13 nitrogen and oxygen atoms in total. The number of aromatic carboxylic acids is 1. The number of halogens is 2. The number of primary sulfonamides is 2. The van der Waals surface area contributed by atoms with Gasteiger partial charge in [0, 0.05) is 35.5 Å². The lowest BCUT2D eigenvalue weighted by Crippen LogP contribution is -2.28. The summed E-state index contributed by atoms with van der Waals surface area (Å²) in [6, 6.07) is 13.9. The number of aryl methyl sites for hydroxylation is 3. The third-order valence-corrected chi connectivity index (χ3v) is 9.72. The highest BCUT2D eigenvalue weighted by Gasteiger charge is 2.26. The molecule has 0 radical (unpaired) electrons. The topological polar surface area (TPSA) is 233 Å². The first-order chi connectivity index (χ1) is 21.4. The first kappa shape index (κ1) is 35.2. The van der Waals surface area contributed by atoms with Crippen LogP contribution in [-0.4, -0.2) is 43.4 Å². The quantitative estimate of drug-likeness (QED) is 0.179. The number of carboxylic acid groups (broad SMARTS) is 1. The van der Waals surface area contributed by atoms with Crippen LogP contribution in [0.15, 0.2) is 70.7 Å². The minimum atomic E-state index is -3.83. The fraction of sp³-hybridized carbons (Fsp3) is 0.241. The Kier molecular flexibility index (Phi) is 10.7. The van der Waals surface area contributed by atoms with Gasteiger partial charge in [-0.2, -0.15) is 0 Å². The van der Waals surface area contributed by atoms with Crippen molar-refractivity contribution < 1.29 is 31.5 Å². The number of benzene rings is 2. The smallest absolute Gasteiger partial charge is 0.352 e. The first-order valence-electron chi connectivity index (χ1n) is 13.7. The number of aromatic amines is 1. The van der Waals surface area contributed by atoms with Crippen molar-refractivity contribution in [3.63, 3.8) is 0 Å². The second-order valence-electron chi connectivity index (χ2n) is 10.7. The summed E-state index contributed by atoms with van der Waals surface area (Å²) in [5, 5.41) is 22.7. The Bertz CT molecular complexity index is 2010. The van der Waals surface area contributed by atoms with Crippen LogP contribution in [0.2, 0.25) is 10.0 Å². The number of H-pyrrole nitrogens is 1. The van der Waals surface area contributed by atoms with Crippen molar-refractivity contribution in [2.45, 2.75) is 47.6 Å². The Balaban J connectivity index is 0.000000175. The summed E-state index contributed by atoms with van der Waals surface area (Å²) >= 11 is 11.8. The molecule has 1 amide bonds. The molecule has 46 heavy (non-hydrogen) atoms. The van der Waals surface area contributed by atoms with Crippen LogP contribution in [0.3, 0.4) is 0 Å². The number of hydrogen-bond donors (Lipinski definition) is 6. The predicted octanol–water partition coefficient (Wildman–Crippen LogP) is 3.39. The van der Waals surface area contributed by atoms with Gasteiger partial charge in [-0.1, -0.05) is 35.3 Å². The number of fused-ring (bicyclic) bond motifs is 2. The van der Waals surface area contributed by atoms with Gasteiger partial charge in [-0.15, -0.1) is 0 Å². The number of nitrogens with zero attached hydrogens (tertiary/aromatic N) is 1. The molecule has 2 aromatic heterocycles. The molecule has 2 aliphatic carbocycles. The number of hydrogen-bond acceptors (Lipinski definition) is 7. The lowest BCUT2D eigenvalue weighted by molar-refractivity contribution is 0.0690. The van der Waals surface area contributed by atoms with E-state index in [1.807, 2.05) is 30.3 Å². The van der Waals surface area contributed by atoms with Crippen molar-refractivity contribution in [2.24, 2.45) is 23.1 Å². The van der Waals surface area contributed by atoms with E-state index in [4.69, 9.17) is 44.3 Å². The van der Waals surface area contributed by atoms with Gasteiger partial charge in [-0.05, 0) is 84.3 Å². The fourth-order valence-electron chi connectivity index (χ4n) is 5.17. The first-order valence-corrected chi connectivity index (χ1v) is 17.6. The zero-order valence-electron chi connectivity index (χ0n) is 24.4. The number of amides is 1. The van der Waals surface area contributed by atoms with E-state index >= 15 is 0 Å². The molecule has 0 saturated heterocycles. The van der Waals surface area contributed by atoms with Crippen LogP contribution in [0.25, 0.3) is 0 Å². The summed E-state index contributed by atoms with van der Waals surface area (Å²) in [6.45, 7) is 0. The second-order valence-corrected chi connectivity index (χ2v) is 14.7. The number of sulfonamides is 2. The van der Waals surface area contributed by atoms with Crippen LogP contribution < -0.4 is 21.3 Å². The van der Waals surface area contributed by atoms with E-state index in [0.29, 0.717) is 5.02 Å². The van der Waals surface area contributed by atoms with Gasteiger partial charge < -0.3 is 25.7 Å². The minimum Gasteiger partial charge on any atom is -0.477 e. The summed E-state index contributed by atoms with van der Waals surface area (Å²) in [6.07, 6.45) is 6.13. The van der Waals surface area contributed by atoms with E-state index in [9.17, 15) is 26.4 Å². The summed E-state index contributed by atoms with van der Waals surface area (Å²) in [7, 11) is -6.04. The monoisotopic (exact) mass is 710 g/mol. The Morgan fingerprint density at radius 2 is 1.46 bits per heavy atom. The molecule has 0 unspecified atom stereocenters. The normalized spacial score (nSPS) is 16.7. The molecule has 2 atom stereocenters. The fourth-order valence-corrected chi connectivity index (χ4v) is 6.64. The molecular weight excluding hydrogens is 679 g/mol. The Morgan fingerprint density at radius 1 is 0.891 bits per heavy atom. The zero-order valence-corrected chi connectivity index (χ0v) is 27.5. The van der Waals surface area contributed by atoms with Crippen LogP contribution in [0, 0.1) is 0 Å². The van der Waals surface area contributed by atoms with E-state index in [0.717, 1.165) is 54.1 Å². The highest BCUT2D eigenvalue weighted by Crippen LogP contribution is 2.33. The van der Waals surface area contributed by atoms with Gasteiger partial charge >= 0.3 is 5.97 Å². The maximum Gasteiger partial charge on any atom is 0.352 e. The standard InChI is InChI=1S/C15H16ClN3O3S.C9H10ClN.C5H6N2O4S/c1-19-8-11(23(17,21)22)7-14(19)15(20)18-13-5-2-9-6-10(16)3-4-12(9)13;10-7-2-3-8-6(5-7)1-4-9(8)11;6-12(10,11)3-1-4(5(8)9)7-2-3/h3-4,6-8,13H,2,5H2,1H3,(H,18,20)(H2,17,21,22);2-3,5,9H,1,4,11H2;1-2,7H,(H,8,9)(H2,6,10,11)/t13-;9-;/m11./s1. The molecule has 0 fully saturated rings. The lowest BCUT2D eigenvalue weighted by Gasteiger charge is -2.14. The Hall–Kier alpha value is -3.70. The third kappa shape index (κ3) is 8.55. The number of nitrogens with two attached hydrogens (primary N) is 3. The molecule has 2 heterocycles. The number of rotatable bonds is 5. The van der Waals surface area contributed by atoms with Crippen LogP contribution in [-0.2, 0) is 39.9 Å². The number of nitrogens with one attached hydrogen (secondary N) is 2. The number of carbonyl (C=O) groups is 2. The van der Waals surface area contributed by atoms with Crippen molar-refractivity contribution in [3.05, 3.63) is 105 Å². The third-order valence-electron chi connectivity index (χ3n) is 7.47. The molecule has 9 N–H and O–H groups in total. The van der Waals surface area contributed by atoms with Gasteiger partial charge in [-0.3, -0.25) is 4.79 Å². The van der Waals surface area contributed by atoms with Gasteiger partial charge in [0.15, 0.2) is 0 Å². The molecule has 2 aliphatic rings. The number of carboxylic acids is 1. The highest BCUT2D eigenvalue weighted by molar-refractivity contribution is 7.89. The maximum absolute atomic E-state index is 12.4. The van der Waals surface area contributed by atoms with Crippen molar-refractivity contribution in [1.29, 1.82) is 0 Å². The predicted molar refractivity (Wildman–Crippen MR) is 173 cm³/mol. The van der Waals surface area contributed by atoms with E-state index < -0.39 is 26.0 Å². The van der Waals surface area contributed by atoms with Crippen LogP contribution >= 0.6 is 23.2 Å². The number of aromatic nitrogens is 2. The highest BCUT2D eigenvalue weighted by atomic mass is 35.5. The zero-order chi connectivity index (χ0) is 34.0. The van der Waals surface area contributed by atoms with E-state index in [2.05, 4.69) is 10.3 Å². The SMILES string of the molecule is Cn1cc(S(N)(=O)=O)cc1C(=O)N[C@@H]1CCc2cc(Cl)ccc21.NS(=O)(=O)c1c[nH]c(C(=O)O)c1.N[C@@H]1CCc2cc(Cl)ccc21. The summed E-state index contributed by atoms with van der Waals surface area (Å²) in [5.41, 5.74) is 10.7. The van der Waals surface area contributed by atoms with E-state index in [-0.39, 0.29) is 39.2 Å². The van der Waals surface area contributed by atoms with E-state index in [1.165, 1.54) is 28.0 Å². The molecule has 0 bridgehead atoms. The average molecular weight is 712 g/mol. The Labute approximate surface area is 275 Å². The van der Waals surface area contributed by atoms with Gasteiger partial charge in [0.05, 0.1) is 6.04 Å². The molecule has 0 saturated carbocycles. The lowest BCUT2D eigenvalue weighted by atomic mass is 10.1. The Morgan fingerprint density at radius 3 is 1.98 bits per heavy atom. The molecule has 17 heteroatoms. The minimum absolute atomic E-state index is 0.0799. The number of carbonyl (C=O) groups excluding carboxylic acids is 1. The molecular formula is C29H32Cl2N6O7S2. The van der Waals surface area contributed by atoms with Crippen LogP contribution in [0.5, 0.6) is 0 Å². The molecule has 4 aromatic rings. The largest absolute Gasteiger partial charge is 0.477 e. The molecule has 2 aromatic carbocycles. The molecule has 0 aliphatic heterocycles. The average Bonchev–Trinajstić information content (AvgIpc) is 3.75. The van der Waals surface area contributed by atoms with E-state index in [1.54, 1.807) is 13.1 Å². The molecule has 246 valence electrons. The molecule has 0 spiro atoms. The van der Waals surface area contributed by atoms with Crippen molar-refractivity contribution in [1.82, 2.24) is 14.9 Å². The van der Waals surface area contributed by atoms with Gasteiger partial charge in [0.25, 0.3) is 5.91 Å². The van der Waals surface area contributed by atoms with Crippen molar-refractivity contribution in [3.8, 4) is 0 Å². The maximum atomic E-state index is 12.4. The molecule has 6 rings (SSSR count). The summed E-state index contributed by atoms with van der Waals surface area (Å²) in [4.78, 5) is 24.7. The van der Waals surface area contributed by atoms with Crippen LogP contribution in [0.4, 0.5) is 0 Å².